The minimum Gasteiger partial charge on any atom is -0.368 e. The van der Waals surface area contributed by atoms with Crippen LogP contribution >= 0.6 is 0 Å². The van der Waals surface area contributed by atoms with Crippen molar-refractivity contribution >= 4 is 46.5 Å². The Kier molecular flexibility index (Phi) is 19.9. The average Bonchev–Trinajstić information content (AvgIpc) is 3.99. The number of primary amides is 1. The van der Waals surface area contributed by atoms with E-state index in [0.29, 0.717) is 51.0 Å². The van der Waals surface area contributed by atoms with Crippen molar-refractivity contribution in [2.24, 2.45) is 17.2 Å². The molecule has 0 spiro atoms. The summed E-state index contributed by atoms with van der Waals surface area (Å²) in [5, 5.41) is 12.9. The van der Waals surface area contributed by atoms with Crippen LogP contribution in [-0.4, -0.2) is 117 Å². The van der Waals surface area contributed by atoms with E-state index in [9.17, 15) is 28.8 Å². The van der Waals surface area contributed by atoms with Crippen molar-refractivity contribution in [1.29, 1.82) is 0 Å². The van der Waals surface area contributed by atoms with Crippen LogP contribution in [0.2, 0.25) is 0 Å². The van der Waals surface area contributed by atoms with E-state index in [2.05, 4.69) is 46.5 Å². The number of hydrogen-bond donors (Lipinski definition) is 10. The van der Waals surface area contributed by atoms with E-state index >= 15 is 0 Å². The highest BCUT2D eigenvalue weighted by atomic mass is 16.2. The highest BCUT2D eigenvalue weighted by molar-refractivity contribution is 5.95. The van der Waals surface area contributed by atoms with Gasteiger partial charge in [0.2, 0.25) is 23.6 Å². The molecule has 5 atom stereocenters. The van der Waals surface area contributed by atoms with Gasteiger partial charge >= 0.3 is 6.03 Å². The fraction of sp³-hybridized carbons (Fsp3) is 0.396. The summed E-state index contributed by atoms with van der Waals surface area (Å²) in [6.07, 6.45) is 7.58. The molecule has 0 unspecified atom stereocenters. The maximum Gasteiger partial charge on any atom is 0.336 e. The summed E-state index contributed by atoms with van der Waals surface area (Å²) in [5.74, 6) is -3.36. The van der Waals surface area contributed by atoms with E-state index in [4.69, 9.17) is 17.2 Å². The molecule has 5 aromatic rings. The Morgan fingerprint density at radius 2 is 1.33 bits per heavy atom. The molecule has 3 aromatic carbocycles. The van der Waals surface area contributed by atoms with Crippen LogP contribution in [0.15, 0.2) is 104 Å². The number of imidazole rings is 1. The summed E-state index contributed by atoms with van der Waals surface area (Å²) >= 11 is 0. The molecule has 67 heavy (non-hydrogen) atoms. The van der Waals surface area contributed by atoms with E-state index in [1.165, 1.54) is 13.3 Å². The monoisotopic (exact) mass is 920 g/mol. The van der Waals surface area contributed by atoms with Gasteiger partial charge in [-0.2, -0.15) is 0 Å². The minimum atomic E-state index is -1.21. The number of nitrogens with zero attached hydrogens (tertiary/aromatic N) is 3. The van der Waals surface area contributed by atoms with Crippen LogP contribution in [0.1, 0.15) is 61.4 Å². The van der Waals surface area contributed by atoms with Gasteiger partial charge in [0.05, 0.1) is 12.4 Å². The first-order chi connectivity index (χ1) is 32.3. The molecule has 0 aliphatic heterocycles. The van der Waals surface area contributed by atoms with E-state index in [1.54, 1.807) is 36.7 Å². The number of fused-ring (bicyclic) bond motifs is 1. The Labute approximate surface area is 390 Å². The lowest BCUT2D eigenvalue weighted by Gasteiger charge is -2.29. The fourth-order valence-corrected chi connectivity index (χ4v) is 7.51. The highest BCUT2D eigenvalue weighted by Gasteiger charge is 2.31. The summed E-state index contributed by atoms with van der Waals surface area (Å²) in [6, 6.07) is 20.2. The number of aromatic nitrogens is 3. The van der Waals surface area contributed by atoms with Gasteiger partial charge < -0.3 is 53.3 Å². The number of para-hydroxylation sites is 1. The summed E-state index contributed by atoms with van der Waals surface area (Å²) in [5.41, 5.74) is 24.3. The first-order valence-electron chi connectivity index (χ1n) is 22.6. The number of carbonyl (C=O) groups is 6. The number of carbonyl (C=O) groups excluding carboxylic acids is 6. The van der Waals surface area contributed by atoms with Gasteiger partial charge in [0, 0.05) is 61.3 Å². The van der Waals surface area contributed by atoms with Crippen LogP contribution in [-0.2, 0) is 49.8 Å². The van der Waals surface area contributed by atoms with Gasteiger partial charge in [-0.3, -0.25) is 29.4 Å². The van der Waals surface area contributed by atoms with Gasteiger partial charge in [0.1, 0.15) is 24.2 Å². The zero-order valence-electron chi connectivity index (χ0n) is 38.2. The van der Waals surface area contributed by atoms with Crippen molar-refractivity contribution in [3.05, 3.63) is 126 Å². The van der Waals surface area contributed by atoms with Crippen molar-refractivity contribution < 1.29 is 28.8 Å². The van der Waals surface area contributed by atoms with E-state index in [-0.39, 0.29) is 32.2 Å². The molecule has 2 heterocycles. The number of amides is 7. The fourth-order valence-electron chi connectivity index (χ4n) is 7.51. The van der Waals surface area contributed by atoms with Crippen LogP contribution < -0.4 is 43.9 Å². The number of hydrazine groups is 1. The van der Waals surface area contributed by atoms with Crippen molar-refractivity contribution in [2.75, 3.05) is 26.7 Å². The molecule has 19 heteroatoms. The Morgan fingerprint density at radius 1 is 0.687 bits per heavy atom. The smallest absolute Gasteiger partial charge is 0.336 e. The molecule has 2 aromatic heterocycles. The normalized spacial score (nSPS) is 13.4. The largest absolute Gasteiger partial charge is 0.368 e. The Morgan fingerprint density at radius 3 is 2.01 bits per heavy atom. The predicted molar refractivity (Wildman–Crippen MR) is 255 cm³/mol. The number of rotatable bonds is 26. The standard InChI is InChI=1S/C48H65N13O6/c1-32(55-46(65)42(26-35-28-53-39-20-10-9-19-37(35)39)57-45(64)38(50)27-36-29-52-31-54-36)44(63)59-61(24-14-13-23-60(2)30-34-17-7-4-8-18-34)48(67)58-41(25-33-15-5-3-6-16-33)47(66)56-40(43(51)62)21-11-12-22-49/h3-10,15-20,28-29,31-32,38,40-42,53H,11-14,21-27,30,49-50H2,1-2H3,(H2,51,62)(H,52,54)(H,55,65)(H,56,66)(H,57,64)(H,58,67)(H,59,63)/t32-,38-,40-,41+,42+/m0/s1. The van der Waals surface area contributed by atoms with Crippen LogP contribution in [0.5, 0.6) is 0 Å². The van der Waals surface area contributed by atoms with Crippen molar-refractivity contribution in [3.63, 3.8) is 0 Å². The maximum atomic E-state index is 14.3. The Bertz CT molecular complexity index is 2340. The van der Waals surface area contributed by atoms with Crippen LogP contribution in [0.3, 0.4) is 0 Å². The summed E-state index contributed by atoms with van der Waals surface area (Å²) in [6.45, 7) is 3.29. The molecule has 0 fully saturated rings. The molecule has 19 nitrogen and oxygen atoms in total. The van der Waals surface area contributed by atoms with Gasteiger partial charge in [0.15, 0.2) is 0 Å². The Balaban J connectivity index is 1.32. The lowest BCUT2D eigenvalue weighted by atomic mass is 10.0. The van der Waals surface area contributed by atoms with Crippen LogP contribution in [0, 0.1) is 0 Å². The number of nitrogens with two attached hydrogens (primary N) is 3. The molecular formula is C48H65N13O6. The second-order valence-corrected chi connectivity index (χ2v) is 16.7. The topological polar surface area (TPSA) is 292 Å². The second kappa shape index (κ2) is 26.2. The molecule has 0 aliphatic carbocycles. The van der Waals surface area contributed by atoms with Gasteiger partial charge in [0.25, 0.3) is 5.91 Å². The third kappa shape index (κ3) is 16.4. The van der Waals surface area contributed by atoms with Gasteiger partial charge in [-0.25, -0.2) is 14.8 Å². The maximum absolute atomic E-state index is 14.3. The molecule has 7 amide bonds. The predicted octanol–water partition coefficient (Wildman–Crippen LogP) is 1.66. The highest BCUT2D eigenvalue weighted by Crippen LogP contribution is 2.19. The molecule has 13 N–H and O–H groups in total. The number of unbranched alkanes of at least 4 members (excludes halogenated alkanes) is 2. The van der Waals surface area contributed by atoms with Crippen molar-refractivity contribution in [3.8, 4) is 0 Å². The van der Waals surface area contributed by atoms with Crippen molar-refractivity contribution in [1.82, 2.24) is 51.6 Å². The van der Waals surface area contributed by atoms with Crippen LogP contribution in [0.4, 0.5) is 4.79 Å². The molecular weight excluding hydrogens is 855 g/mol. The minimum absolute atomic E-state index is 0.0353. The first-order valence-corrected chi connectivity index (χ1v) is 22.6. The molecule has 358 valence electrons. The Hall–Kier alpha value is -7.09. The summed E-state index contributed by atoms with van der Waals surface area (Å²) < 4.78 is 0. The van der Waals surface area contributed by atoms with Gasteiger partial charge in [-0.05, 0) is 81.9 Å². The quantitative estimate of drug-likeness (QED) is 0.0283. The number of benzene rings is 3. The van der Waals surface area contributed by atoms with Gasteiger partial charge in [-0.1, -0.05) is 78.9 Å². The second-order valence-electron chi connectivity index (χ2n) is 16.7. The zero-order chi connectivity index (χ0) is 48.1. The molecule has 0 saturated carbocycles. The van der Waals surface area contributed by atoms with Gasteiger partial charge in [-0.15, -0.1) is 0 Å². The molecule has 0 aliphatic rings. The van der Waals surface area contributed by atoms with E-state index < -0.39 is 65.8 Å². The molecule has 5 rings (SSSR count). The first kappa shape index (κ1) is 50.9. The third-order valence-electron chi connectivity index (χ3n) is 11.3. The molecule has 0 bridgehead atoms. The summed E-state index contributed by atoms with van der Waals surface area (Å²) in [4.78, 5) is 94.3. The van der Waals surface area contributed by atoms with E-state index in [0.717, 1.165) is 32.6 Å². The number of urea groups is 1. The number of nitrogens with one attached hydrogen (secondary N) is 7. The molecule has 0 saturated heterocycles. The third-order valence-corrected chi connectivity index (χ3v) is 11.3. The SMILES string of the molecule is C[C@H](NC(=O)[C@@H](Cc1c[nH]c2ccccc12)NC(=O)[C@@H](N)Cc1cnc[nH]1)C(=O)NN(CCCCN(C)Cc1ccccc1)C(=O)N[C@H](Cc1ccccc1)C(=O)N[C@@H](CCCCN)C(N)=O. The lowest BCUT2D eigenvalue weighted by Crippen LogP contribution is -2.61. The zero-order valence-corrected chi connectivity index (χ0v) is 38.2. The van der Waals surface area contributed by atoms with E-state index in [1.807, 2.05) is 67.7 Å². The summed E-state index contributed by atoms with van der Waals surface area (Å²) in [7, 11) is 1.99. The average molecular weight is 920 g/mol. The number of hydrogen-bond acceptors (Lipinski definition) is 10. The number of aromatic amines is 2. The number of H-pyrrole nitrogens is 2. The van der Waals surface area contributed by atoms with Crippen molar-refractivity contribution in [2.45, 2.75) is 95.0 Å². The lowest BCUT2D eigenvalue weighted by molar-refractivity contribution is -0.133. The molecule has 0 radical (unpaired) electrons. The van der Waals surface area contributed by atoms with Crippen LogP contribution in [0.25, 0.3) is 10.9 Å².